The summed E-state index contributed by atoms with van der Waals surface area (Å²) in [6, 6.07) is 21.6. The zero-order chi connectivity index (χ0) is 17.2. The molecule has 1 N–H and O–H groups in total. The molecule has 0 amide bonds. The zero-order valence-corrected chi connectivity index (χ0v) is 13.8. The average Bonchev–Trinajstić information content (AvgIpc) is 2.99. The van der Waals surface area contributed by atoms with E-state index in [1.165, 1.54) is 6.08 Å². The maximum atomic E-state index is 12.1. The molecule has 0 saturated carbocycles. The quantitative estimate of drug-likeness (QED) is 0.317. The number of fused-ring (bicyclic) bond motifs is 3. The maximum absolute atomic E-state index is 12.1. The lowest BCUT2D eigenvalue weighted by atomic mass is 10.1. The van der Waals surface area contributed by atoms with Crippen molar-refractivity contribution >= 4 is 33.9 Å². The van der Waals surface area contributed by atoms with E-state index in [9.17, 15) is 4.79 Å². The van der Waals surface area contributed by atoms with Gasteiger partial charge in [-0.25, -0.2) is 4.79 Å². The second kappa shape index (κ2) is 6.29. The third-order valence-electron chi connectivity index (χ3n) is 4.28. The molecule has 0 aliphatic rings. The lowest BCUT2D eigenvalue weighted by Gasteiger charge is -2.02. The Morgan fingerprint density at radius 3 is 2.56 bits per heavy atom. The van der Waals surface area contributed by atoms with Gasteiger partial charge in [0.1, 0.15) is 5.75 Å². The number of para-hydroxylation sites is 1. The summed E-state index contributed by atoms with van der Waals surface area (Å²) in [5.74, 6) is 0.152. The van der Waals surface area contributed by atoms with Crippen molar-refractivity contribution in [3.63, 3.8) is 0 Å². The van der Waals surface area contributed by atoms with E-state index in [2.05, 4.69) is 11.1 Å². The minimum atomic E-state index is -0.387. The Balaban J connectivity index is 1.59. The number of aryl methyl sites for hydroxylation is 1. The topological polar surface area (TPSA) is 42.1 Å². The fraction of sp³-hybridized carbons (Fsp3) is 0.0455. The number of carbonyl (C=O) groups is 1. The van der Waals surface area contributed by atoms with E-state index < -0.39 is 0 Å². The Hall–Kier alpha value is -3.33. The highest BCUT2D eigenvalue weighted by Gasteiger charge is 2.07. The number of hydrogen-bond donors (Lipinski definition) is 1. The smallest absolute Gasteiger partial charge is 0.336 e. The Morgan fingerprint density at radius 1 is 0.920 bits per heavy atom. The number of esters is 1. The first-order valence-electron chi connectivity index (χ1n) is 8.17. The molecule has 25 heavy (non-hydrogen) atoms. The molecular formula is C22H17NO2. The molecule has 1 aromatic heterocycles. The molecule has 0 aliphatic heterocycles. The van der Waals surface area contributed by atoms with Crippen molar-refractivity contribution < 1.29 is 9.53 Å². The fourth-order valence-corrected chi connectivity index (χ4v) is 2.97. The van der Waals surface area contributed by atoms with Crippen LogP contribution >= 0.6 is 0 Å². The second-order valence-electron chi connectivity index (χ2n) is 5.99. The number of H-pyrrole nitrogens is 1. The third kappa shape index (κ3) is 3.04. The number of ether oxygens (including phenoxy) is 1. The van der Waals surface area contributed by atoms with Gasteiger partial charge in [-0.15, -0.1) is 0 Å². The molecular weight excluding hydrogens is 310 g/mol. The van der Waals surface area contributed by atoms with Crippen molar-refractivity contribution in [3.8, 4) is 5.75 Å². The van der Waals surface area contributed by atoms with Crippen molar-refractivity contribution in [2.24, 2.45) is 0 Å². The summed E-state index contributed by atoms with van der Waals surface area (Å²) in [4.78, 5) is 15.5. The number of carbonyl (C=O) groups excluding carboxylic acids is 1. The largest absolute Gasteiger partial charge is 0.423 e. The standard InChI is InChI=1S/C22H17NO2/c1-15-6-2-3-7-16(15)10-13-22(24)25-17-11-12-21-19(14-17)18-8-4-5-9-20(18)23-21/h2-14,23H,1H3/b13-10+. The van der Waals surface area contributed by atoms with Gasteiger partial charge < -0.3 is 9.72 Å². The summed E-state index contributed by atoms with van der Waals surface area (Å²) in [7, 11) is 0. The molecule has 0 unspecified atom stereocenters. The van der Waals surface area contributed by atoms with E-state index in [1.54, 1.807) is 12.1 Å². The van der Waals surface area contributed by atoms with Crippen molar-refractivity contribution in [1.82, 2.24) is 4.98 Å². The van der Waals surface area contributed by atoms with Crippen LogP contribution < -0.4 is 4.74 Å². The monoisotopic (exact) mass is 327 g/mol. The first-order valence-corrected chi connectivity index (χ1v) is 8.17. The SMILES string of the molecule is Cc1ccccc1/C=C/C(=O)Oc1ccc2[nH]c3ccccc3c2c1. The molecule has 4 rings (SSSR count). The zero-order valence-electron chi connectivity index (χ0n) is 13.8. The Labute approximate surface area is 145 Å². The summed E-state index contributed by atoms with van der Waals surface area (Å²) in [5, 5.41) is 2.16. The molecule has 0 aliphatic carbocycles. The summed E-state index contributed by atoms with van der Waals surface area (Å²) in [6.07, 6.45) is 3.24. The minimum Gasteiger partial charge on any atom is -0.423 e. The highest BCUT2D eigenvalue weighted by molar-refractivity contribution is 6.07. The first-order chi connectivity index (χ1) is 12.2. The van der Waals surface area contributed by atoms with Crippen LogP contribution in [0.2, 0.25) is 0 Å². The van der Waals surface area contributed by atoms with Gasteiger partial charge >= 0.3 is 5.97 Å². The Kier molecular flexibility index (Phi) is 3.82. The van der Waals surface area contributed by atoms with E-state index in [1.807, 2.05) is 61.5 Å². The number of hydrogen-bond acceptors (Lipinski definition) is 2. The lowest BCUT2D eigenvalue weighted by molar-refractivity contribution is -0.128. The van der Waals surface area contributed by atoms with E-state index in [-0.39, 0.29) is 5.97 Å². The first kappa shape index (κ1) is 15.2. The van der Waals surface area contributed by atoms with Gasteiger partial charge in [0, 0.05) is 27.9 Å². The fourth-order valence-electron chi connectivity index (χ4n) is 2.97. The molecule has 0 radical (unpaired) electrons. The van der Waals surface area contributed by atoms with Crippen molar-refractivity contribution in [1.29, 1.82) is 0 Å². The molecule has 0 atom stereocenters. The minimum absolute atomic E-state index is 0.387. The van der Waals surface area contributed by atoms with E-state index in [0.717, 1.165) is 32.9 Å². The van der Waals surface area contributed by atoms with Crippen LogP contribution in [0, 0.1) is 6.92 Å². The van der Waals surface area contributed by atoms with Gasteiger partial charge in [-0.3, -0.25) is 0 Å². The van der Waals surface area contributed by atoms with Crippen LogP contribution in [0.25, 0.3) is 27.9 Å². The van der Waals surface area contributed by atoms with Gasteiger partial charge in [0.25, 0.3) is 0 Å². The summed E-state index contributed by atoms with van der Waals surface area (Å²) < 4.78 is 5.46. The molecule has 122 valence electrons. The van der Waals surface area contributed by atoms with Crippen LogP contribution in [0.15, 0.2) is 72.8 Å². The lowest BCUT2D eigenvalue weighted by Crippen LogP contribution is -2.03. The van der Waals surface area contributed by atoms with Crippen LogP contribution in [-0.4, -0.2) is 11.0 Å². The number of benzene rings is 3. The predicted molar refractivity (Wildman–Crippen MR) is 102 cm³/mol. The van der Waals surface area contributed by atoms with Crippen LogP contribution in [-0.2, 0) is 4.79 Å². The Bertz CT molecular complexity index is 1110. The normalized spacial score (nSPS) is 11.4. The van der Waals surface area contributed by atoms with E-state index in [0.29, 0.717) is 5.75 Å². The third-order valence-corrected chi connectivity index (χ3v) is 4.28. The van der Waals surface area contributed by atoms with Crippen molar-refractivity contribution in [2.45, 2.75) is 6.92 Å². The number of aromatic nitrogens is 1. The van der Waals surface area contributed by atoms with Crippen LogP contribution in [0.4, 0.5) is 0 Å². The average molecular weight is 327 g/mol. The molecule has 0 spiro atoms. The molecule has 3 aromatic carbocycles. The maximum Gasteiger partial charge on any atom is 0.336 e. The number of rotatable bonds is 3. The van der Waals surface area contributed by atoms with E-state index in [4.69, 9.17) is 4.74 Å². The molecule has 0 fully saturated rings. The molecule has 3 heteroatoms. The van der Waals surface area contributed by atoms with Crippen molar-refractivity contribution in [3.05, 3.63) is 83.9 Å². The summed E-state index contributed by atoms with van der Waals surface area (Å²) in [6.45, 7) is 2.01. The van der Waals surface area contributed by atoms with Gasteiger partial charge in [-0.1, -0.05) is 42.5 Å². The van der Waals surface area contributed by atoms with Gasteiger partial charge in [0.05, 0.1) is 0 Å². The molecule has 0 saturated heterocycles. The van der Waals surface area contributed by atoms with Gasteiger partial charge in [0.15, 0.2) is 0 Å². The predicted octanol–water partition coefficient (Wildman–Crippen LogP) is 5.25. The van der Waals surface area contributed by atoms with Gasteiger partial charge in [-0.05, 0) is 48.4 Å². The number of nitrogens with one attached hydrogen (secondary N) is 1. The number of aromatic amines is 1. The molecule has 4 aromatic rings. The van der Waals surface area contributed by atoms with Gasteiger partial charge in [-0.2, -0.15) is 0 Å². The van der Waals surface area contributed by atoms with Crippen LogP contribution in [0.5, 0.6) is 5.75 Å². The molecule has 3 nitrogen and oxygen atoms in total. The summed E-state index contributed by atoms with van der Waals surface area (Å²) >= 11 is 0. The highest BCUT2D eigenvalue weighted by Crippen LogP contribution is 2.28. The van der Waals surface area contributed by atoms with Crippen LogP contribution in [0.1, 0.15) is 11.1 Å². The summed E-state index contributed by atoms with van der Waals surface area (Å²) in [5.41, 5.74) is 4.22. The van der Waals surface area contributed by atoms with Crippen molar-refractivity contribution in [2.75, 3.05) is 0 Å². The highest BCUT2D eigenvalue weighted by atomic mass is 16.5. The Morgan fingerprint density at radius 2 is 1.68 bits per heavy atom. The van der Waals surface area contributed by atoms with E-state index >= 15 is 0 Å². The molecule has 1 heterocycles. The van der Waals surface area contributed by atoms with Crippen LogP contribution in [0.3, 0.4) is 0 Å². The molecule has 0 bridgehead atoms. The van der Waals surface area contributed by atoms with Gasteiger partial charge in [0.2, 0.25) is 0 Å². The second-order valence-corrected chi connectivity index (χ2v) is 5.99.